The predicted molar refractivity (Wildman–Crippen MR) is 96.2 cm³/mol. The van der Waals surface area contributed by atoms with Crippen molar-refractivity contribution >= 4 is 5.97 Å². The molecule has 2 rings (SSSR count). The highest BCUT2D eigenvalue weighted by atomic mass is 16.5. The minimum absolute atomic E-state index is 0.308. The first-order valence-electron chi connectivity index (χ1n) is 8.64. The minimum atomic E-state index is -0.308. The molecule has 134 valence electrons. The standard InChI is InChI=1S/C20H25NO4/c1-3-23-20(22)17-8-11-18(12-9-17)24-13-5-4-6-14-25-19-10-7-16(2)21-15-19/h7-12,15H,3-6,13-14H2,1-2H3. The summed E-state index contributed by atoms with van der Waals surface area (Å²) in [6, 6.07) is 10.9. The zero-order valence-electron chi connectivity index (χ0n) is 14.9. The molecule has 1 aromatic heterocycles. The summed E-state index contributed by atoms with van der Waals surface area (Å²) in [4.78, 5) is 15.8. The van der Waals surface area contributed by atoms with Crippen molar-refractivity contribution < 1.29 is 19.0 Å². The number of rotatable bonds is 10. The van der Waals surface area contributed by atoms with Crippen LogP contribution in [0.15, 0.2) is 42.6 Å². The zero-order chi connectivity index (χ0) is 17.9. The highest BCUT2D eigenvalue weighted by Crippen LogP contribution is 2.14. The van der Waals surface area contributed by atoms with Gasteiger partial charge >= 0.3 is 5.97 Å². The number of aryl methyl sites for hydroxylation is 1. The Kier molecular flexibility index (Phi) is 7.76. The van der Waals surface area contributed by atoms with Crippen LogP contribution in [0.25, 0.3) is 0 Å². The number of benzene rings is 1. The predicted octanol–water partition coefficient (Wildman–Crippen LogP) is 4.19. The van der Waals surface area contributed by atoms with E-state index in [1.807, 2.05) is 19.1 Å². The third-order valence-electron chi connectivity index (χ3n) is 3.58. The number of hydrogen-bond donors (Lipinski definition) is 0. The number of unbranched alkanes of at least 4 members (excludes halogenated alkanes) is 2. The average Bonchev–Trinajstić information content (AvgIpc) is 2.63. The molecule has 2 aromatic rings. The molecule has 0 saturated heterocycles. The van der Waals surface area contributed by atoms with Crippen molar-refractivity contribution in [1.29, 1.82) is 0 Å². The molecule has 0 aliphatic heterocycles. The Balaban J connectivity index is 1.56. The van der Waals surface area contributed by atoms with E-state index in [9.17, 15) is 4.79 Å². The second-order valence-electron chi connectivity index (χ2n) is 5.64. The van der Waals surface area contributed by atoms with Crippen LogP contribution in [-0.2, 0) is 4.74 Å². The van der Waals surface area contributed by atoms with E-state index in [0.29, 0.717) is 25.4 Å². The number of carbonyl (C=O) groups is 1. The van der Waals surface area contributed by atoms with Crippen molar-refractivity contribution in [2.45, 2.75) is 33.1 Å². The number of pyridine rings is 1. The normalized spacial score (nSPS) is 10.3. The summed E-state index contributed by atoms with van der Waals surface area (Å²) in [5.41, 5.74) is 1.52. The second-order valence-corrected chi connectivity index (χ2v) is 5.64. The summed E-state index contributed by atoms with van der Waals surface area (Å²) < 4.78 is 16.3. The number of carbonyl (C=O) groups excluding carboxylic acids is 1. The van der Waals surface area contributed by atoms with Gasteiger partial charge in [0.2, 0.25) is 0 Å². The maximum Gasteiger partial charge on any atom is 0.338 e. The van der Waals surface area contributed by atoms with Crippen molar-refractivity contribution in [1.82, 2.24) is 4.98 Å². The molecule has 0 spiro atoms. The molecule has 0 radical (unpaired) electrons. The molecule has 0 unspecified atom stereocenters. The smallest absolute Gasteiger partial charge is 0.338 e. The molecule has 0 saturated carbocycles. The Bertz CT molecular complexity index is 638. The molecule has 1 heterocycles. The van der Waals surface area contributed by atoms with Crippen LogP contribution in [0.4, 0.5) is 0 Å². The van der Waals surface area contributed by atoms with Crippen LogP contribution < -0.4 is 9.47 Å². The van der Waals surface area contributed by atoms with Crippen molar-refractivity contribution in [2.24, 2.45) is 0 Å². The molecule has 0 amide bonds. The molecule has 0 fully saturated rings. The maximum absolute atomic E-state index is 11.6. The van der Waals surface area contributed by atoms with Gasteiger partial charge in [-0.05, 0) is 69.5 Å². The monoisotopic (exact) mass is 343 g/mol. The van der Waals surface area contributed by atoms with Gasteiger partial charge in [0.25, 0.3) is 0 Å². The van der Waals surface area contributed by atoms with Crippen molar-refractivity contribution in [2.75, 3.05) is 19.8 Å². The van der Waals surface area contributed by atoms with Gasteiger partial charge in [-0.1, -0.05) is 0 Å². The second kappa shape index (κ2) is 10.3. The van der Waals surface area contributed by atoms with Crippen LogP contribution in [0, 0.1) is 6.92 Å². The number of hydrogen-bond acceptors (Lipinski definition) is 5. The molecule has 0 aliphatic carbocycles. The molecular weight excluding hydrogens is 318 g/mol. The Labute approximate surface area is 148 Å². The van der Waals surface area contributed by atoms with Crippen LogP contribution in [-0.4, -0.2) is 30.8 Å². The van der Waals surface area contributed by atoms with Crippen molar-refractivity contribution in [3.63, 3.8) is 0 Å². The van der Waals surface area contributed by atoms with E-state index < -0.39 is 0 Å². The number of nitrogens with zero attached hydrogens (tertiary/aromatic N) is 1. The highest BCUT2D eigenvalue weighted by Gasteiger charge is 2.05. The SMILES string of the molecule is CCOC(=O)c1ccc(OCCCCCOc2ccc(C)nc2)cc1. The van der Waals surface area contributed by atoms with E-state index in [1.54, 1.807) is 37.4 Å². The third kappa shape index (κ3) is 6.83. The first kappa shape index (κ1) is 18.8. The lowest BCUT2D eigenvalue weighted by atomic mass is 10.2. The van der Waals surface area contributed by atoms with Gasteiger partial charge < -0.3 is 14.2 Å². The lowest BCUT2D eigenvalue weighted by Gasteiger charge is -2.08. The van der Waals surface area contributed by atoms with Gasteiger partial charge in [-0.3, -0.25) is 4.98 Å². The molecule has 1 aromatic carbocycles. The number of aromatic nitrogens is 1. The number of esters is 1. The minimum Gasteiger partial charge on any atom is -0.494 e. The maximum atomic E-state index is 11.6. The molecule has 0 bridgehead atoms. The van der Waals surface area contributed by atoms with Crippen LogP contribution in [0.5, 0.6) is 11.5 Å². The van der Waals surface area contributed by atoms with Gasteiger partial charge in [0.05, 0.1) is 31.6 Å². The fourth-order valence-electron chi connectivity index (χ4n) is 2.20. The molecule has 0 atom stereocenters. The summed E-state index contributed by atoms with van der Waals surface area (Å²) in [6.45, 7) is 5.44. The lowest BCUT2D eigenvalue weighted by molar-refractivity contribution is 0.0526. The topological polar surface area (TPSA) is 57.7 Å². The average molecular weight is 343 g/mol. The van der Waals surface area contributed by atoms with Gasteiger partial charge in [0.15, 0.2) is 0 Å². The molecule has 0 aliphatic rings. The summed E-state index contributed by atoms with van der Waals surface area (Å²) in [5.74, 6) is 1.26. The summed E-state index contributed by atoms with van der Waals surface area (Å²) in [7, 11) is 0. The van der Waals surface area contributed by atoms with Gasteiger partial charge in [-0.25, -0.2) is 4.79 Å². The van der Waals surface area contributed by atoms with Gasteiger partial charge in [0, 0.05) is 5.69 Å². The highest BCUT2D eigenvalue weighted by molar-refractivity contribution is 5.89. The lowest BCUT2D eigenvalue weighted by Crippen LogP contribution is -2.04. The van der Waals surface area contributed by atoms with Crippen LogP contribution >= 0.6 is 0 Å². The van der Waals surface area contributed by atoms with Gasteiger partial charge in [0.1, 0.15) is 11.5 Å². The first-order valence-corrected chi connectivity index (χ1v) is 8.64. The third-order valence-corrected chi connectivity index (χ3v) is 3.58. The Hall–Kier alpha value is -2.56. The van der Waals surface area contributed by atoms with E-state index in [0.717, 1.165) is 36.5 Å². The first-order chi connectivity index (χ1) is 12.2. The van der Waals surface area contributed by atoms with E-state index in [4.69, 9.17) is 14.2 Å². The Morgan fingerprint density at radius 2 is 1.56 bits per heavy atom. The Morgan fingerprint density at radius 1 is 0.920 bits per heavy atom. The largest absolute Gasteiger partial charge is 0.494 e. The summed E-state index contributed by atoms with van der Waals surface area (Å²) in [5, 5.41) is 0. The van der Waals surface area contributed by atoms with Crippen molar-refractivity contribution in [3.8, 4) is 11.5 Å². The molecule has 25 heavy (non-hydrogen) atoms. The molecule has 5 heteroatoms. The van der Waals surface area contributed by atoms with Gasteiger partial charge in [-0.2, -0.15) is 0 Å². The van der Waals surface area contributed by atoms with E-state index >= 15 is 0 Å². The zero-order valence-corrected chi connectivity index (χ0v) is 14.9. The fraction of sp³-hybridized carbons (Fsp3) is 0.400. The molecular formula is C20H25NO4. The van der Waals surface area contributed by atoms with Crippen LogP contribution in [0.3, 0.4) is 0 Å². The molecule has 0 N–H and O–H groups in total. The fourth-order valence-corrected chi connectivity index (χ4v) is 2.20. The summed E-state index contributed by atoms with van der Waals surface area (Å²) >= 11 is 0. The van der Waals surface area contributed by atoms with E-state index in [2.05, 4.69) is 4.98 Å². The van der Waals surface area contributed by atoms with E-state index in [1.165, 1.54) is 0 Å². The quantitative estimate of drug-likeness (QED) is 0.478. The number of ether oxygens (including phenoxy) is 3. The molecule has 5 nitrogen and oxygen atoms in total. The van der Waals surface area contributed by atoms with Crippen LogP contribution in [0.2, 0.25) is 0 Å². The van der Waals surface area contributed by atoms with Gasteiger partial charge in [-0.15, -0.1) is 0 Å². The van der Waals surface area contributed by atoms with Crippen LogP contribution in [0.1, 0.15) is 42.2 Å². The van der Waals surface area contributed by atoms with E-state index in [-0.39, 0.29) is 5.97 Å². The summed E-state index contributed by atoms with van der Waals surface area (Å²) in [6.07, 6.45) is 4.70. The van der Waals surface area contributed by atoms with Crippen molar-refractivity contribution in [3.05, 3.63) is 53.9 Å². The Morgan fingerprint density at radius 3 is 2.16 bits per heavy atom.